The molecule has 10 atom stereocenters. The molecule has 2 N–H and O–H groups in total. The minimum absolute atomic E-state index is 0.0888. The van der Waals surface area contributed by atoms with Gasteiger partial charge in [0.2, 0.25) is 0 Å². The van der Waals surface area contributed by atoms with Crippen LogP contribution in [0.2, 0.25) is 0 Å². The van der Waals surface area contributed by atoms with Crippen LogP contribution in [0.25, 0.3) is 0 Å². The van der Waals surface area contributed by atoms with Crippen molar-refractivity contribution < 1.29 is 19.7 Å². The smallest absolute Gasteiger partial charge is 0.305 e. The summed E-state index contributed by atoms with van der Waals surface area (Å²) >= 11 is 0. The molecule has 0 aromatic heterocycles. The molecule has 4 fully saturated rings. The summed E-state index contributed by atoms with van der Waals surface area (Å²) in [5.41, 5.74) is 0.533. The highest BCUT2D eigenvalue weighted by molar-refractivity contribution is 5.69. The zero-order valence-electron chi connectivity index (χ0n) is 18.9. The summed E-state index contributed by atoms with van der Waals surface area (Å²) in [6, 6.07) is 0. The van der Waals surface area contributed by atoms with E-state index in [2.05, 4.69) is 20.8 Å². The van der Waals surface area contributed by atoms with Crippen LogP contribution < -0.4 is 0 Å². The van der Waals surface area contributed by atoms with E-state index in [1.807, 2.05) is 0 Å². The Morgan fingerprint density at radius 3 is 2.41 bits per heavy atom. The number of esters is 1. The largest absolute Gasteiger partial charge is 0.469 e. The molecular weight excluding hydrogens is 364 g/mol. The molecule has 4 rings (SSSR count). The van der Waals surface area contributed by atoms with Crippen LogP contribution in [0.5, 0.6) is 0 Å². The molecule has 4 nitrogen and oxygen atoms in total. The van der Waals surface area contributed by atoms with Crippen molar-refractivity contribution in [3.05, 3.63) is 0 Å². The molecule has 4 saturated carbocycles. The quantitative estimate of drug-likeness (QED) is 0.671. The van der Waals surface area contributed by atoms with Gasteiger partial charge in [-0.2, -0.15) is 0 Å². The molecule has 4 aliphatic rings. The molecular formula is C25H42O4. The summed E-state index contributed by atoms with van der Waals surface area (Å²) < 4.78 is 4.86. The Hall–Kier alpha value is -0.610. The van der Waals surface area contributed by atoms with Gasteiger partial charge >= 0.3 is 5.97 Å². The van der Waals surface area contributed by atoms with E-state index in [4.69, 9.17) is 4.74 Å². The van der Waals surface area contributed by atoms with Gasteiger partial charge < -0.3 is 14.9 Å². The highest BCUT2D eigenvalue weighted by atomic mass is 16.5. The van der Waals surface area contributed by atoms with Crippen LogP contribution in [0.1, 0.15) is 85.0 Å². The number of methoxy groups -OCH3 is 1. The van der Waals surface area contributed by atoms with Gasteiger partial charge in [0, 0.05) is 6.42 Å². The average molecular weight is 407 g/mol. The third-order valence-corrected chi connectivity index (χ3v) is 10.4. The molecule has 4 aliphatic carbocycles. The van der Waals surface area contributed by atoms with Gasteiger partial charge in [-0.3, -0.25) is 4.79 Å². The van der Waals surface area contributed by atoms with E-state index in [-0.39, 0.29) is 29.5 Å². The molecule has 0 aromatic rings. The maximum Gasteiger partial charge on any atom is 0.305 e. The van der Waals surface area contributed by atoms with Crippen LogP contribution in [0, 0.1) is 46.3 Å². The predicted octanol–water partition coefficient (Wildman–Crippen LogP) is 4.57. The van der Waals surface area contributed by atoms with Gasteiger partial charge in [0.1, 0.15) is 0 Å². The van der Waals surface area contributed by atoms with Crippen LogP contribution in [0.15, 0.2) is 0 Å². The van der Waals surface area contributed by atoms with Crippen molar-refractivity contribution in [3.63, 3.8) is 0 Å². The zero-order valence-corrected chi connectivity index (χ0v) is 18.9. The lowest BCUT2D eigenvalue weighted by atomic mass is 9.44. The fourth-order valence-corrected chi connectivity index (χ4v) is 8.90. The first-order valence-electron chi connectivity index (χ1n) is 12.1. The topological polar surface area (TPSA) is 66.8 Å². The number of carbonyl (C=O) groups excluding carboxylic acids is 1. The fourth-order valence-electron chi connectivity index (χ4n) is 8.90. The number of hydrogen-bond acceptors (Lipinski definition) is 4. The summed E-state index contributed by atoms with van der Waals surface area (Å²) in [5.74, 6) is 3.42. The van der Waals surface area contributed by atoms with Crippen LogP contribution >= 0.6 is 0 Å². The van der Waals surface area contributed by atoms with Gasteiger partial charge in [0.25, 0.3) is 0 Å². The van der Waals surface area contributed by atoms with Gasteiger partial charge in [-0.1, -0.05) is 20.8 Å². The van der Waals surface area contributed by atoms with Crippen LogP contribution in [0.3, 0.4) is 0 Å². The Labute approximate surface area is 176 Å². The molecule has 0 heterocycles. The summed E-state index contributed by atoms with van der Waals surface area (Å²) in [7, 11) is 1.48. The number of rotatable bonds is 4. The minimum atomic E-state index is -0.255. The molecule has 0 saturated heterocycles. The van der Waals surface area contributed by atoms with Crippen molar-refractivity contribution in [1.29, 1.82) is 0 Å². The van der Waals surface area contributed by atoms with Crippen LogP contribution in [-0.4, -0.2) is 35.5 Å². The molecule has 1 unspecified atom stereocenters. The Morgan fingerprint density at radius 1 is 1.00 bits per heavy atom. The Kier molecular flexibility index (Phi) is 5.83. The number of fused-ring (bicyclic) bond motifs is 5. The number of ether oxygens (including phenoxy) is 1. The maximum absolute atomic E-state index is 11.6. The molecule has 0 bridgehead atoms. The summed E-state index contributed by atoms with van der Waals surface area (Å²) in [4.78, 5) is 11.6. The van der Waals surface area contributed by atoms with E-state index in [1.165, 1.54) is 32.8 Å². The van der Waals surface area contributed by atoms with Crippen molar-refractivity contribution in [1.82, 2.24) is 0 Å². The highest BCUT2D eigenvalue weighted by Crippen LogP contribution is 2.68. The summed E-state index contributed by atoms with van der Waals surface area (Å²) in [5, 5.41) is 21.3. The Balaban J connectivity index is 1.52. The molecule has 0 radical (unpaired) electrons. The lowest BCUT2D eigenvalue weighted by Gasteiger charge is -2.62. The van der Waals surface area contributed by atoms with E-state index in [9.17, 15) is 15.0 Å². The first-order valence-corrected chi connectivity index (χ1v) is 12.1. The van der Waals surface area contributed by atoms with Crippen molar-refractivity contribution in [3.8, 4) is 0 Å². The lowest BCUT2D eigenvalue weighted by molar-refractivity contribution is -0.172. The molecule has 29 heavy (non-hydrogen) atoms. The monoisotopic (exact) mass is 406 g/mol. The molecule has 4 heteroatoms. The number of aliphatic hydroxyl groups is 2. The summed E-state index contributed by atoms with van der Waals surface area (Å²) in [6.45, 7) is 7.28. The van der Waals surface area contributed by atoms with Crippen LogP contribution in [-0.2, 0) is 9.53 Å². The normalized spacial score (nSPS) is 50.2. The summed E-state index contributed by atoms with van der Waals surface area (Å²) in [6.07, 6.45) is 9.77. The molecule has 0 amide bonds. The lowest BCUT2D eigenvalue weighted by Crippen LogP contribution is -2.58. The van der Waals surface area contributed by atoms with E-state index < -0.39 is 0 Å². The first kappa shape index (κ1) is 21.6. The number of hydrogen-bond donors (Lipinski definition) is 2. The average Bonchev–Trinajstić information content (AvgIpc) is 3.05. The van der Waals surface area contributed by atoms with Crippen molar-refractivity contribution >= 4 is 5.97 Å². The first-order chi connectivity index (χ1) is 13.7. The van der Waals surface area contributed by atoms with Crippen LogP contribution in [0.4, 0.5) is 0 Å². The van der Waals surface area contributed by atoms with Gasteiger partial charge in [-0.15, -0.1) is 0 Å². The van der Waals surface area contributed by atoms with E-state index in [1.54, 1.807) is 0 Å². The van der Waals surface area contributed by atoms with Gasteiger partial charge in [-0.25, -0.2) is 0 Å². The third kappa shape index (κ3) is 3.46. The van der Waals surface area contributed by atoms with Crippen molar-refractivity contribution in [2.24, 2.45) is 46.3 Å². The SMILES string of the molecule is COC(=O)CC[C@@H](C)C1CC[C@H]2[C@@H]3C[C@H](O)[C@@H]4C[C@H](O)CC[C@]4(C)[C@H]3CC[C@]12C. The van der Waals surface area contributed by atoms with E-state index >= 15 is 0 Å². The third-order valence-electron chi connectivity index (χ3n) is 10.4. The van der Waals surface area contributed by atoms with Gasteiger partial charge in [-0.05, 0) is 104 Å². The van der Waals surface area contributed by atoms with E-state index in [0.717, 1.165) is 32.1 Å². The second-order valence-corrected chi connectivity index (χ2v) is 11.5. The van der Waals surface area contributed by atoms with Gasteiger partial charge in [0.05, 0.1) is 19.3 Å². The van der Waals surface area contributed by atoms with Crippen molar-refractivity contribution in [2.75, 3.05) is 7.11 Å². The second-order valence-electron chi connectivity index (χ2n) is 11.5. The minimum Gasteiger partial charge on any atom is -0.469 e. The molecule has 0 aliphatic heterocycles. The second kappa shape index (κ2) is 7.82. The standard InChI is InChI=1S/C25H42O4/c1-15(5-8-23(28)29-4)18-6-7-19-17-14-22(27)21-13-16(26)9-11-25(21,3)20(17)10-12-24(18,19)2/h15-22,26-27H,5-14H2,1-4H3/t15-,16-,17+,18?,19+,20+,21+,22+,24-,25-/m1/s1. The molecule has 0 spiro atoms. The van der Waals surface area contributed by atoms with E-state index in [0.29, 0.717) is 41.4 Å². The number of aliphatic hydroxyl groups excluding tert-OH is 2. The Bertz CT molecular complexity index is 620. The molecule has 0 aromatic carbocycles. The zero-order chi connectivity index (χ0) is 21.0. The Morgan fingerprint density at radius 2 is 1.69 bits per heavy atom. The van der Waals surface area contributed by atoms with Crippen molar-refractivity contribution in [2.45, 2.75) is 97.2 Å². The molecule has 166 valence electrons. The van der Waals surface area contributed by atoms with Gasteiger partial charge in [0.15, 0.2) is 0 Å². The number of carbonyl (C=O) groups is 1. The fraction of sp³-hybridized carbons (Fsp3) is 0.960. The predicted molar refractivity (Wildman–Crippen MR) is 113 cm³/mol. The highest BCUT2D eigenvalue weighted by Gasteiger charge is 2.62. The maximum atomic E-state index is 11.6.